The number of hydrogen-bond donors (Lipinski definition) is 1. The molecule has 0 radical (unpaired) electrons. The zero-order valence-corrected chi connectivity index (χ0v) is 7.77. The molecule has 1 nitrogen and oxygen atoms in total. The third-order valence-corrected chi connectivity index (χ3v) is 3.48. The lowest BCUT2D eigenvalue weighted by atomic mass is 10.1. The molecule has 0 spiro atoms. The summed E-state index contributed by atoms with van der Waals surface area (Å²) in [6.45, 7) is 0. The molecule has 0 aromatic heterocycles. The molecule has 3 rings (SSSR count). The summed E-state index contributed by atoms with van der Waals surface area (Å²) >= 11 is 1.71. The standard InChI is InChI=1S/C11H8OS/c12-10-8-4-2-1-3-7(8)9-5-6-13-11(9)10/h1-5,12H,6H2. The van der Waals surface area contributed by atoms with Gasteiger partial charge in [-0.15, -0.1) is 11.8 Å². The summed E-state index contributed by atoms with van der Waals surface area (Å²) in [4.78, 5) is 1.06. The molecule has 1 aliphatic carbocycles. The number of rotatable bonds is 0. The van der Waals surface area contributed by atoms with Crippen molar-refractivity contribution >= 4 is 23.1 Å². The Morgan fingerprint density at radius 2 is 1.92 bits per heavy atom. The third-order valence-electron chi connectivity index (χ3n) is 2.45. The van der Waals surface area contributed by atoms with Crippen LogP contribution in [0.3, 0.4) is 0 Å². The molecule has 0 saturated heterocycles. The molecule has 0 amide bonds. The van der Waals surface area contributed by atoms with Crippen LogP contribution in [-0.4, -0.2) is 10.9 Å². The molecule has 0 saturated carbocycles. The topological polar surface area (TPSA) is 20.2 Å². The van der Waals surface area contributed by atoms with E-state index >= 15 is 0 Å². The van der Waals surface area contributed by atoms with Crippen LogP contribution in [0.5, 0.6) is 0 Å². The molecule has 2 heteroatoms. The van der Waals surface area contributed by atoms with E-state index in [0.717, 1.165) is 16.2 Å². The minimum atomic E-state index is 0.462. The minimum absolute atomic E-state index is 0.462. The van der Waals surface area contributed by atoms with Gasteiger partial charge in [-0.1, -0.05) is 30.3 Å². The zero-order valence-electron chi connectivity index (χ0n) is 6.95. The highest BCUT2D eigenvalue weighted by Gasteiger charge is 2.28. The first-order chi connectivity index (χ1) is 6.38. The monoisotopic (exact) mass is 188 g/mol. The molecule has 0 fully saturated rings. The number of hydrogen-bond acceptors (Lipinski definition) is 2. The number of aliphatic hydroxyl groups excluding tert-OH is 1. The average molecular weight is 188 g/mol. The van der Waals surface area contributed by atoms with Crippen molar-refractivity contribution in [2.45, 2.75) is 0 Å². The third kappa shape index (κ3) is 0.838. The van der Waals surface area contributed by atoms with Crippen molar-refractivity contribution in [1.29, 1.82) is 0 Å². The molecule has 2 aliphatic rings. The van der Waals surface area contributed by atoms with Crippen LogP contribution in [0.2, 0.25) is 0 Å². The van der Waals surface area contributed by atoms with Crippen LogP contribution in [-0.2, 0) is 0 Å². The summed E-state index contributed by atoms with van der Waals surface area (Å²) in [5.41, 5.74) is 3.38. The maximum Gasteiger partial charge on any atom is 0.137 e. The van der Waals surface area contributed by atoms with Gasteiger partial charge >= 0.3 is 0 Å². The van der Waals surface area contributed by atoms with E-state index in [1.54, 1.807) is 11.8 Å². The summed E-state index contributed by atoms with van der Waals surface area (Å²) in [5, 5.41) is 9.87. The van der Waals surface area contributed by atoms with Gasteiger partial charge in [-0.2, -0.15) is 0 Å². The Bertz CT molecular complexity index is 440. The lowest BCUT2D eigenvalue weighted by Gasteiger charge is -1.98. The van der Waals surface area contributed by atoms with Crippen molar-refractivity contribution in [2.24, 2.45) is 0 Å². The van der Waals surface area contributed by atoms with Crippen molar-refractivity contribution in [3.63, 3.8) is 0 Å². The van der Waals surface area contributed by atoms with E-state index in [1.165, 1.54) is 11.1 Å². The van der Waals surface area contributed by atoms with Crippen LogP contribution >= 0.6 is 11.8 Å². The lowest BCUT2D eigenvalue weighted by Crippen LogP contribution is -1.81. The Hall–Kier alpha value is -1.15. The van der Waals surface area contributed by atoms with E-state index in [4.69, 9.17) is 0 Å². The Morgan fingerprint density at radius 3 is 2.77 bits per heavy atom. The molecule has 1 aromatic carbocycles. The van der Waals surface area contributed by atoms with Gasteiger partial charge in [-0.25, -0.2) is 0 Å². The normalized spacial score (nSPS) is 18.6. The quantitative estimate of drug-likeness (QED) is 0.675. The molecule has 64 valence electrons. The Balaban J connectivity index is 2.34. The minimum Gasteiger partial charge on any atom is -0.506 e. The van der Waals surface area contributed by atoms with Gasteiger partial charge in [0.15, 0.2) is 0 Å². The van der Waals surface area contributed by atoms with Crippen molar-refractivity contribution in [2.75, 3.05) is 5.75 Å². The van der Waals surface area contributed by atoms with Crippen LogP contribution in [0.15, 0.2) is 35.2 Å². The Morgan fingerprint density at radius 1 is 1.15 bits per heavy atom. The molecular formula is C11H8OS. The molecule has 0 atom stereocenters. The van der Waals surface area contributed by atoms with Crippen LogP contribution in [0.25, 0.3) is 11.3 Å². The van der Waals surface area contributed by atoms with E-state index < -0.39 is 0 Å². The molecule has 1 aromatic rings. The predicted molar refractivity (Wildman–Crippen MR) is 56.4 cm³/mol. The molecule has 0 unspecified atom stereocenters. The lowest BCUT2D eigenvalue weighted by molar-refractivity contribution is 0.513. The maximum atomic E-state index is 9.87. The van der Waals surface area contributed by atoms with Crippen molar-refractivity contribution in [1.82, 2.24) is 0 Å². The van der Waals surface area contributed by atoms with E-state index in [-0.39, 0.29) is 0 Å². The highest BCUT2D eigenvalue weighted by molar-refractivity contribution is 8.04. The maximum absolute atomic E-state index is 9.87. The van der Waals surface area contributed by atoms with E-state index in [0.29, 0.717) is 5.76 Å². The highest BCUT2D eigenvalue weighted by Crippen LogP contribution is 2.48. The first-order valence-electron chi connectivity index (χ1n) is 4.24. The fourth-order valence-electron chi connectivity index (χ4n) is 1.85. The molecule has 1 aliphatic heterocycles. The van der Waals surface area contributed by atoms with Crippen LogP contribution in [0, 0.1) is 0 Å². The molecule has 13 heavy (non-hydrogen) atoms. The summed E-state index contributed by atoms with van der Waals surface area (Å²) in [6, 6.07) is 8.01. The first-order valence-corrected chi connectivity index (χ1v) is 5.23. The largest absolute Gasteiger partial charge is 0.506 e. The number of allylic oxidation sites excluding steroid dienone is 1. The van der Waals surface area contributed by atoms with Crippen LogP contribution in [0.4, 0.5) is 0 Å². The molecule has 1 N–H and O–H groups in total. The van der Waals surface area contributed by atoms with Gasteiger partial charge in [0.05, 0.1) is 4.91 Å². The second-order valence-corrected chi connectivity index (χ2v) is 4.18. The summed E-state index contributed by atoms with van der Waals surface area (Å²) in [5.74, 6) is 1.45. The van der Waals surface area contributed by atoms with E-state index in [9.17, 15) is 5.11 Å². The van der Waals surface area contributed by atoms with Gasteiger partial charge < -0.3 is 5.11 Å². The number of benzene rings is 1. The smallest absolute Gasteiger partial charge is 0.137 e. The van der Waals surface area contributed by atoms with Gasteiger partial charge in [0, 0.05) is 11.3 Å². The fraction of sp³-hybridized carbons (Fsp3) is 0.0909. The second-order valence-electron chi connectivity index (χ2n) is 3.15. The summed E-state index contributed by atoms with van der Waals surface area (Å²) in [7, 11) is 0. The molecule has 1 heterocycles. The van der Waals surface area contributed by atoms with Crippen LogP contribution in [0.1, 0.15) is 11.1 Å². The van der Waals surface area contributed by atoms with Gasteiger partial charge in [-0.05, 0) is 11.1 Å². The zero-order chi connectivity index (χ0) is 8.84. The van der Waals surface area contributed by atoms with Gasteiger partial charge in [-0.3, -0.25) is 0 Å². The van der Waals surface area contributed by atoms with E-state index in [2.05, 4.69) is 12.1 Å². The number of thioether (sulfide) groups is 1. The number of fused-ring (bicyclic) bond motifs is 3. The summed E-state index contributed by atoms with van der Waals surface area (Å²) in [6.07, 6.45) is 2.18. The average Bonchev–Trinajstić information content (AvgIpc) is 2.72. The summed E-state index contributed by atoms with van der Waals surface area (Å²) < 4.78 is 0. The fourth-order valence-corrected chi connectivity index (χ4v) is 2.87. The van der Waals surface area contributed by atoms with Crippen molar-refractivity contribution in [3.05, 3.63) is 46.4 Å². The van der Waals surface area contributed by atoms with Crippen molar-refractivity contribution in [3.8, 4) is 0 Å². The van der Waals surface area contributed by atoms with Gasteiger partial charge in [0.2, 0.25) is 0 Å². The SMILES string of the molecule is OC1=C2SCC=C2c2ccccc21. The second kappa shape index (κ2) is 2.42. The highest BCUT2D eigenvalue weighted by atomic mass is 32.2. The van der Waals surface area contributed by atoms with E-state index in [1.807, 2.05) is 18.2 Å². The van der Waals surface area contributed by atoms with Crippen molar-refractivity contribution < 1.29 is 5.11 Å². The Labute approximate surface area is 80.8 Å². The first kappa shape index (κ1) is 7.27. The molecule has 0 bridgehead atoms. The Kier molecular flexibility index (Phi) is 1.35. The predicted octanol–water partition coefficient (Wildman–Crippen LogP) is 3.06. The molecular weight excluding hydrogens is 180 g/mol. The van der Waals surface area contributed by atoms with Gasteiger partial charge in [0.25, 0.3) is 0 Å². The number of aliphatic hydroxyl groups is 1. The van der Waals surface area contributed by atoms with Crippen LogP contribution < -0.4 is 0 Å². The van der Waals surface area contributed by atoms with Gasteiger partial charge in [0.1, 0.15) is 5.76 Å².